The van der Waals surface area contributed by atoms with Crippen molar-refractivity contribution in [3.05, 3.63) is 0 Å². The number of hydrogen-bond donors (Lipinski definition) is 2. The fourth-order valence-electron chi connectivity index (χ4n) is 2.22. The third-order valence-corrected chi connectivity index (χ3v) is 3.18. The second kappa shape index (κ2) is 5.49. The average molecular weight is 241 g/mol. The molecule has 0 aromatic carbocycles. The van der Waals surface area contributed by atoms with E-state index in [0.29, 0.717) is 6.54 Å². The first-order valence-electron chi connectivity index (χ1n) is 6.16. The van der Waals surface area contributed by atoms with Gasteiger partial charge in [0.15, 0.2) is 0 Å². The minimum absolute atomic E-state index is 0.0304. The maximum Gasteiger partial charge on any atom is 0.239 e. The van der Waals surface area contributed by atoms with Gasteiger partial charge in [-0.25, -0.2) is 0 Å². The Kier molecular flexibility index (Phi) is 4.51. The molecule has 17 heavy (non-hydrogen) atoms. The van der Waals surface area contributed by atoms with Gasteiger partial charge in [-0.2, -0.15) is 0 Å². The summed E-state index contributed by atoms with van der Waals surface area (Å²) >= 11 is 0. The zero-order valence-corrected chi connectivity index (χ0v) is 11.2. The van der Waals surface area contributed by atoms with Crippen molar-refractivity contribution in [3.63, 3.8) is 0 Å². The molecule has 1 saturated heterocycles. The molecule has 1 fully saturated rings. The quantitative estimate of drug-likeness (QED) is 0.710. The van der Waals surface area contributed by atoms with E-state index in [4.69, 9.17) is 0 Å². The second-order valence-electron chi connectivity index (χ2n) is 5.12. The molecule has 1 atom stereocenters. The summed E-state index contributed by atoms with van der Waals surface area (Å²) in [6.45, 7) is 7.72. The molecule has 0 aromatic rings. The van der Waals surface area contributed by atoms with Crippen molar-refractivity contribution in [3.8, 4) is 0 Å². The molecular weight excluding hydrogens is 218 g/mol. The molecule has 0 radical (unpaired) electrons. The van der Waals surface area contributed by atoms with Gasteiger partial charge < -0.3 is 15.5 Å². The van der Waals surface area contributed by atoms with Gasteiger partial charge in [0.1, 0.15) is 0 Å². The lowest BCUT2D eigenvalue weighted by atomic mass is 9.91. The molecule has 0 saturated carbocycles. The summed E-state index contributed by atoms with van der Waals surface area (Å²) in [5.41, 5.74) is -0.536. The maximum atomic E-state index is 12.0. The highest BCUT2D eigenvalue weighted by Crippen LogP contribution is 2.21. The molecule has 2 N–H and O–H groups in total. The summed E-state index contributed by atoms with van der Waals surface area (Å²) in [6.07, 6.45) is 0.830. The van der Waals surface area contributed by atoms with Crippen LogP contribution >= 0.6 is 0 Å². The molecule has 0 bridgehead atoms. The van der Waals surface area contributed by atoms with Crippen LogP contribution < -0.4 is 10.6 Å². The largest absolute Gasteiger partial charge is 0.359 e. The van der Waals surface area contributed by atoms with Crippen molar-refractivity contribution in [2.75, 3.05) is 26.7 Å². The van der Waals surface area contributed by atoms with Crippen LogP contribution in [0.15, 0.2) is 0 Å². The first kappa shape index (κ1) is 14.0. The molecule has 1 aliphatic rings. The van der Waals surface area contributed by atoms with E-state index in [-0.39, 0.29) is 17.9 Å². The summed E-state index contributed by atoms with van der Waals surface area (Å²) in [5.74, 6) is 0.0843. The lowest BCUT2D eigenvalue weighted by Crippen LogP contribution is -2.46. The lowest BCUT2D eigenvalue weighted by Gasteiger charge is -2.28. The number of carbonyl (C=O) groups is 2. The highest BCUT2D eigenvalue weighted by atomic mass is 16.2. The van der Waals surface area contributed by atoms with Crippen LogP contribution in [0.1, 0.15) is 27.2 Å². The molecule has 0 aromatic heterocycles. The zero-order chi connectivity index (χ0) is 13.1. The third-order valence-electron chi connectivity index (χ3n) is 3.18. The Labute approximate surface area is 103 Å². The molecule has 0 aliphatic carbocycles. The number of carbonyl (C=O) groups excluding carboxylic acids is 2. The van der Waals surface area contributed by atoms with Gasteiger partial charge in [0, 0.05) is 20.1 Å². The molecule has 5 heteroatoms. The highest BCUT2D eigenvalue weighted by molar-refractivity contribution is 5.86. The Bertz CT molecular complexity index is 302. The molecule has 1 heterocycles. The molecule has 5 nitrogen and oxygen atoms in total. The summed E-state index contributed by atoms with van der Waals surface area (Å²) in [5, 5.41) is 5.80. The van der Waals surface area contributed by atoms with Crippen LogP contribution in [0.4, 0.5) is 0 Å². The lowest BCUT2D eigenvalue weighted by molar-refractivity contribution is -0.134. The molecule has 0 spiro atoms. The van der Waals surface area contributed by atoms with Gasteiger partial charge in [0.05, 0.1) is 11.5 Å². The molecule has 1 rings (SSSR count). The number of amides is 2. The van der Waals surface area contributed by atoms with Gasteiger partial charge in [-0.05, 0) is 26.8 Å². The van der Waals surface area contributed by atoms with Crippen molar-refractivity contribution in [2.45, 2.75) is 33.2 Å². The number of likely N-dealkylation sites (tertiary alicyclic amines) is 1. The fourth-order valence-corrected chi connectivity index (χ4v) is 2.22. The van der Waals surface area contributed by atoms with Crippen LogP contribution in [0.3, 0.4) is 0 Å². The molecule has 98 valence electrons. The molecule has 1 aliphatic heterocycles. The van der Waals surface area contributed by atoms with Crippen LogP contribution in [0, 0.1) is 5.41 Å². The Balaban J connectivity index is 2.59. The van der Waals surface area contributed by atoms with E-state index in [1.165, 1.54) is 0 Å². The summed E-state index contributed by atoms with van der Waals surface area (Å²) in [6, 6.07) is -0.0690. The van der Waals surface area contributed by atoms with Gasteiger partial charge in [-0.1, -0.05) is 6.92 Å². The van der Waals surface area contributed by atoms with Crippen LogP contribution in [0.5, 0.6) is 0 Å². The van der Waals surface area contributed by atoms with Crippen molar-refractivity contribution in [1.29, 1.82) is 0 Å². The van der Waals surface area contributed by atoms with Crippen LogP contribution in [-0.4, -0.2) is 49.4 Å². The molecular formula is C12H23N3O2. The predicted molar refractivity (Wildman–Crippen MR) is 66.5 cm³/mol. The average Bonchev–Trinajstić information content (AvgIpc) is 2.60. The van der Waals surface area contributed by atoms with Crippen LogP contribution in [0.25, 0.3) is 0 Å². The number of nitrogens with zero attached hydrogens (tertiary/aromatic N) is 1. The van der Waals surface area contributed by atoms with Gasteiger partial charge in [-0.15, -0.1) is 0 Å². The summed E-state index contributed by atoms with van der Waals surface area (Å²) < 4.78 is 0. The maximum absolute atomic E-state index is 12.0. The minimum atomic E-state index is -0.536. The van der Waals surface area contributed by atoms with Crippen molar-refractivity contribution < 1.29 is 9.59 Å². The number of nitrogens with one attached hydrogen (secondary N) is 2. The third kappa shape index (κ3) is 3.19. The molecule has 1 unspecified atom stereocenters. The standard InChI is InChI=1S/C12H23N3O2/c1-5-14-9-6-7-15(10(9)16)8-12(2,3)11(17)13-4/h9,14H,5-8H2,1-4H3,(H,13,17). The van der Waals surface area contributed by atoms with E-state index in [1.54, 1.807) is 11.9 Å². The Morgan fingerprint density at radius 2 is 2.18 bits per heavy atom. The first-order chi connectivity index (χ1) is 7.92. The smallest absolute Gasteiger partial charge is 0.239 e. The SMILES string of the molecule is CCNC1CCN(CC(C)(C)C(=O)NC)C1=O. The van der Waals surface area contributed by atoms with Crippen LogP contribution in [0.2, 0.25) is 0 Å². The van der Waals surface area contributed by atoms with Crippen LogP contribution in [-0.2, 0) is 9.59 Å². The minimum Gasteiger partial charge on any atom is -0.359 e. The molecule has 2 amide bonds. The van der Waals surface area contributed by atoms with Gasteiger partial charge in [-0.3, -0.25) is 9.59 Å². The highest BCUT2D eigenvalue weighted by Gasteiger charge is 2.37. The van der Waals surface area contributed by atoms with E-state index in [9.17, 15) is 9.59 Å². The summed E-state index contributed by atoms with van der Waals surface area (Å²) in [7, 11) is 1.62. The van der Waals surface area contributed by atoms with E-state index in [2.05, 4.69) is 10.6 Å². The topological polar surface area (TPSA) is 61.4 Å². The van der Waals surface area contributed by atoms with Crippen molar-refractivity contribution >= 4 is 11.8 Å². The van der Waals surface area contributed by atoms with Gasteiger partial charge in [0.2, 0.25) is 11.8 Å². The zero-order valence-electron chi connectivity index (χ0n) is 11.2. The second-order valence-corrected chi connectivity index (χ2v) is 5.12. The Hall–Kier alpha value is -1.10. The van der Waals surface area contributed by atoms with Gasteiger partial charge in [0.25, 0.3) is 0 Å². The first-order valence-corrected chi connectivity index (χ1v) is 6.16. The van der Waals surface area contributed by atoms with E-state index >= 15 is 0 Å². The predicted octanol–water partition coefficient (Wildman–Crippen LogP) is -0.0310. The number of rotatable bonds is 5. The fraction of sp³-hybridized carbons (Fsp3) is 0.833. The Morgan fingerprint density at radius 3 is 2.71 bits per heavy atom. The van der Waals surface area contributed by atoms with Crippen molar-refractivity contribution in [2.24, 2.45) is 5.41 Å². The van der Waals surface area contributed by atoms with Crippen molar-refractivity contribution in [1.82, 2.24) is 15.5 Å². The number of hydrogen-bond acceptors (Lipinski definition) is 3. The van der Waals surface area contributed by atoms with E-state index in [1.807, 2.05) is 20.8 Å². The number of likely N-dealkylation sites (N-methyl/N-ethyl adjacent to an activating group) is 1. The normalized spacial score (nSPS) is 20.8. The van der Waals surface area contributed by atoms with E-state index < -0.39 is 5.41 Å². The monoisotopic (exact) mass is 241 g/mol. The summed E-state index contributed by atoms with van der Waals surface area (Å²) in [4.78, 5) is 25.5. The Morgan fingerprint density at radius 1 is 1.53 bits per heavy atom. The van der Waals surface area contributed by atoms with Gasteiger partial charge >= 0.3 is 0 Å². The van der Waals surface area contributed by atoms with E-state index in [0.717, 1.165) is 19.5 Å².